The van der Waals surface area contributed by atoms with Crippen LogP contribution in [0, 0.1) is 0 Å². The van der Waals surface area contributed by atoms with Crippen LogP contribution in [0.25, 0.3) is 0 Å². The van der Waals surface area contributed by atoms with Crippen molar-refractivity contribution in [2.75, 3.05) is 37.7 Å². The van der Waals surface area contributed by atoms with Crippen molar-refractivity contribution in [2.24, 2.45) is 0 Å². The average Bonchev–Trinajstić information content (AvgIpc) is 2.63. The molecule has 2 saturated heterocycles. The highest BCUT2D eigenvalue weighted by molar-refractivity contribution is 7.91. The number of nitrogens with one attached hydrogen (secondary N) is 2. The van der Waals surface area contributed by atoms with Gasteiger partial charge in [0.2, 0.25) is 5.91 Å². The maximum absolute atomic E-state index is 12.1. The molecule has 0 aromatic carbocycles. The van der Waals surface area contributed by atoms with Gasteiger partial charge in [0, 0.05) is 19.6 Å². The van der Waals surface area contributed by atoms with Crippen LogP contribution in [0.4, 0.5) is 0 Å². The Kier molecular flexibility index (Phi) is 4.54. The molecule has 0 bridgehead atoms. The van der Waals surface area contributed by atoms with Gasteiger partial charge in [-0.2, -0.15) is 0 Å². The molecule has 2 fully saturated rings. The molecule has 0 radical (unpaired) electrons. The van der Waals surface area contributed by atoms with Crippen LogP contribution < -0.4 is 10.6 Å². The fourth-order valence-electron chi connectivity index (χ4n) is 2.85. The summed E-state index contributed by atoms with van der Waals surface area (Å²) in [6.45, 7) is 3.08. The normalized spacial score (nSPS) is 32.7. The van der Waals surface area contributed by atoms with Gasteiger partial charge in [-0.3, -0.25) is 14.5 Å². The minimum atomic E-state index is -3.09. The van der Waals surface area contributed by atoms with E-state index in [-0.39, 0.29) is 24.0 Å². The maximum atomic E-state index is 12.1. The average molecular weight is 319 g/mol. The summed E-state index contributed by atoms with van der Waals surface area (Å²) in [5.41, 5.74) is -0.747. The molecule has 2 aliphatic rings. The second-order valence-corrected chi connectivity index (χ2v) is 8.16. The van der Waals surface area contributed by atoms with E-state index in [1.54, 1.807) is 11.8 Å². The largest absolute Gasteiger partial charge is 0.480 e. The number of sulfone groups is 1. The van der Waals surface area contributed by atoms with Crippen LogP contribution in [0.5, 0.6) is 0 Å². The Morgan fingerprint density at radius 1 is 1.48 bits per heavy atom. The summed E-state index contributed by atoms with van der Waals surface area (Å²) in [4.78, 5) is 24.8. The number of carbonyl (C=O) groups is 2. The summed E-state index contributed by atoms with van der Waals surface area (Å²) in [7, 11) is -3.09. The van der Waals surface area contributed by atoms with Crippen LogP contribution in [0.1, 0.15) is 13.3 Å². The molecule has 3 N–H and O–H groups in total. The monoisotopic (exact) mass is 319 g/mol. The number of amides is 1. The van der Waals surface area contributed by atoms with Crippen molar-refractivity contribution in [3.63, 3.8) is 0 Å². The topological polar surface area (TPSA) is 116 Å². The van der Waals surface area contributed by atoms with E-state index in [0.717, 1.165) is 0 Å². The highest BCUT2D eigenvalue weighted by Gasteiger charge is 2.40. The first-order chi connectivity index (χ1) is 9.71. The zero-order valence-electron chi connectivity index (χ0n) is 12.0. The number of piperazine rings is 1. The third kappa shape index (κ3) is 4.14. The highest BCUT2D eigenvalue weighted by atomic mass is 32.2. The van der Waals surface area contributed by atoms with Gasteiger partial charge in [-0.25, -0.2) is 8.42 Å². The zero-order valence-corrected chi connectivity index (χ0v) is 12.8. The van der Waals surface area contributed by atoms with Gasteiger partial charge in [0.25, 0.3) is 0 Å². The molecule has 1 amide bonds. The lowest BCUT2D eigenvalue weighted by Gasteiger charge is -2.34. The first-order valence-electron chi connectivity index (χ1n) is 6.90. The number of aliphatic carboxylic acids is 1. The van der Waals surface area contributed by atoms with Gasteiger partial charge in [0.1, 0.15) is 6.04 Å². The van der Waals surface area contributed by atoms with E-state index >= 15 is 0 Å². The molecule has 2 aliphatic heterocycles. The smallest absolute Gasteiger partial charge is 0.322 e. The zero-order chi connectivity index (χ0) is 15.7. The Morgan fingerprint density at radius 3 is 2.76 bits per heavy atom. The Hall–Kier alpha value is -1.19. The molecule has 9 heteroatoms. The standard InChI is InChI=1S/C12H21N3O5S/c1-12(2-5-21(19,20)8-12)14-10(16)7-15-4-3-13-6-9(15)11(17)18/h9,13H,2-8H2,1H3,(H,14,16)(H,17,18). The molecular weight excluding hydrogens is 298 g/mol. The highest BCUT2D eigenvalue weighted by Crippen LogP contribution is 2.22. The third-order valence-electron chi connectivity index (χ3n) is 3.93. The molecule has 8 nitrogen and oxygen atoms in total. The first-order valence-corrected chi connectivity index (χ1v) is 8.72. The van der Waals surface area contributed by atoms with Crippen LogP contribution in [0.15, 0.2) is 0 Å². The summed E-state index contributed by atoms with van der Waals surface area (Å²) in [5.74, 6) is -1.28. The van der Waals surface area contributed by atoms with Crippen molar-refractivity contribution < 1.29 is 23.1 Å². The van der Waals surface area contributed by atoms with Crippen molar-refractivity contribution in [1.29, 1.82) is 0 Å². The molecule has 2 rings (SSSR count). The Labute approximate surface area is 123 Å². The number of nitrogens with zero attached hydrogens (tertiary/aromatic N) is 1. The summed E-state index contributed by atoms with van der Waals surface area (Å²) in [5, 5.41) is 14.9. The van der Waals surface area contributed by atoms with Crippen molar-refractivity contribution in [3.05, 3.63) is 0 Å². The third-order valence-corrected chi connectivity index (χ3v) is 5.83. The predicted molar refractivity (Wildman–Crippen MR) is 75.7 cm³/mol. The molecule has 0 aliphatic carbocycles. The predicted octanol–water partition coefficient (Wildman–Crippen LogP) is -1.96. The number of hydrogen-bond donors (Lipinski definition) is 3. The van der Waals surface area contributed by atoms with E-state index in [2.05, 4.69) is 10.6 Å². The summed E-state index contributed by atoms with van der Waals surface area (Å²) in [6.07, 6.45) is 0.394. The van der Waals surface area contributed by atoms with Gasteiger partial charge in [-0.1, -0.05) is 0 Å². The van der Waals surface area contributed by atoms with Crippen molar-refractivity contribution in [3.8, 4) is 0 Å². The molecule has 0 saturated carbocycles. The molecule has 2 atom stereocenters. The Bertz CT molecular complexity index is 535. The van der Waals surface area contributed by atoms with E-state index in [9.17, 15) is 18.0 Å². The van der Waals surface area contributed by atoms with E-state index in [0.29, 0.717) is 26.1 Å². The van der Waals surface area contributed by atoms with Gasteiger partial charge < -0.3 is 15.7 Å². The fraction of sp³-hybridized carbons (Fsp3) is 0.833. The maximum Gasteiger partial charge on any atom is 0.322 e. The van der Waals surface area contributed by atoms with E-state index in [1.807, 2.05) is 0 Å². The van der Waals surface area contributed by atoms with E-state index in [4.69, 9.17) is 5.11 Å². The van der Waals surface area contributed by atoms with Gasteiger partial charge >= 0.3 is 5.97 Å². The van der Waals surface area contributed by atoms with Crippen molar-refractivity contribution in [2.45, 2.75) is 24.9 Å². The minimum absolute atomic E-state index is 0.0334. The van der Waals surface area contributed by atoms with Crippen LogP contribution in [-0.2, 0) is 19.4 Å². The van der Waals surface area contributed by atoms with Gasteiger partial charge in [0.15, 0.2) is 9.84 Å². The molecule has 21 heavy (non-hydrogen) atoms. The number of carbonyl (C=O) groups excluding carboxylic acids is 1. The van der Waals surface area contributed by atoms with Crippen LogP contribution >= 0.6 is 0 Å². The van der Waals surface area contributed by atoms with E-state index in [1.165, 1.54) is 0 Å². The minimum Gasteiger partial charge on any atom is -0.480 e. The van der Waals surface area contributed by atoms with Crippen molar-refractivity contribution >= 4 is 21.7 Å². The number of carboxylic acid groups (broad SMARTS) is 1. The van der Waals surface area contributed by atoms with Gasteiger partial charge in [0.05, 0.1) is 23.6 Å². The molecule has 0 aromatic heterocycles. The second kappa shape index (κ2) is 5.90. The molecular formula is C12H21N3O5S. The molecule has 120 valence electrons. The van der Waals surface area contributed by atoms with Crippen molar-refractivity contribution in [1.82, 2.24) is 15.5 Å². The van der Waals surface area contributed by atoms with Crippen LogP contribution in [0.2, 0.25) is 0 Å². The molecule has 2 heterocycles. The first kappa shape index (κ1) is 16.2. The fourth-order valence-corrected chi connectivity index (χ4v) is 4.94. The SMILES string of the molecule is CC1(NC(=O)CN2CCNCC2C(=O)O)CCS(=O)(=O)C1. The lowest BCUT2D eigenvalue weighted by atomic mass is 10.0. The lowest BCUT2D eigenvalue weighted by Crippen LogP contribution is -2.58. The van der Waals surface area contributed by atoms with E-state index < -0.39 is 27.4 Å². The number of hydrogen-bond acceptors (Lipinski definition) is 6. The molecule has 0 spiro atoms. The van der Waals surface area contributed by atoms with Gasteiger partial charge in [-0.15, -0.1) is 0 Å². The summed E-state index contributed by atoms with van der Waals surface area (Å²) < 4.78 is 23.0. The summed E-state index contributed by atoms with van der Waals surface area (Å²) >= 11 is 0. The Morgan fingerprint density at radius 2 is 2.19 bits per heavy atom. The van der Waals surface area contributed by atoms with Crippen LogP contribution in [-0.4, -0.2) is 79.6 Å². The number of carboxylic acids is 1. The quantitative estimate of drug-likeness (QED) is 0.551. The molecule has 0 aromatic rings. The lowest BCUT2D eigenvalue weighted by molar-refractivity contribution is -0.144. The number of rotatable bonds is 4. The molecule has 2 unspecified atom stereocenters. The van der Waals surface area contributed by atoms with Gasteiger partial charge in [-0.05, 0) is 13.3 Å². The second-order valence-electron chi connectivity index (χ2n) is 5.98. The summed E-state index contributed by atoms with van der Waals surface area (Å²) in [6, 6.07) is -0.732. The Balaban J connectivity index is 1.93. The van der Waals surface area contributed by atoms with Crippen LogP contribution in [0.3, 0.4) is 0 Å².